The number of para-hydroxylation sites is 2. The van der Waals surface area contributed by atoms with Gasteiger partial charge in [0.25, 0.3) is 0 Å². The van der Waals surface area contributed by atoms with Crippen LogP contribution < -0.4 is 0 Å². The quantitative estimate of drug-likeness (QED) is 0.688. The Bertz CT molecular complexity index is 1040. The van der Waals surface area contributed by atoms with Gasteiger partial charge in [0.15, 0.2) is 21.4 Å². The van der Waals surface area contributed by atoms with Crippen molar-refractivity contribution < 1.29 is 12.8 Å². The SMILES string of the molecule is CCN(Cc1ccc(-c2nc3ccccc3n2C)o1)C1CCS(=O)(=O)C1. The molecule has 1 atom stereocenters. The second-order valence-electron chi connectivity index (χ2n) is 6.87. The van der Waals surface area contributed by atoms with Gasteiger partial charge in [-0.15, -0.1) is 0 Å². The van der Waals surface area contributed by atoms with E-state index < -0.39 is 9.84 Å². The van der Waals surface area contributed by atoms with Crippen LogP contribution >= 0.6 is 0 Å². The normalized spacial score (nSPS) is 19.6. The third kappa shape index (κ3) is 3.17. The molecule has 0 amide bonds. The van der Waals surface area contributed by atoms with E-state index in [1.165, 1.54) is 0 Å². The maximum absolute atomic E-state index is 11.8. The summed E-state index contributed by atoms with van der Waals surface area (Å²) in [6, 6.07) is 12.0. The first-order chi connectivity index (χ1) is 12.5. The highest BCUT2D eigenvalue weighted by Gasteiger charge is 2.32. The predicted molar refractivity (Wildman–Crippen MR) is 102 cm³/mol. The predicted octanol–water partition coefficient (Wildman–Crippen LogP) is 2.84. The van der Waals surface area contributed by atoms with Crippen molar-refractivity contribution in [2.75, 3.05) is 18.1 Å². The number of rotatable bonds is 5. The molecule has 0 radical (unpaired) electrons. The molecule has 3 aromatic rings. The molecule has 1 aliphatic rings. The molecule has 7 heteroatoms. The van der Waals surface area contributed by atoms with Gasteiger partial charge >= 0.3 is 0 Å². The lowest BCUT2D eigenvalue weighted by atomic mass is 10.2. The van der Waals surface area contributed by atoms with E-state index in [1.807, 2.05) is 48.0 Å². The number of hydrogen-bond acceptors (Lipinski definition) is 5. The first-order valence-corrected chi connectivity index (χ1v) is 10.7. The molecular formula is C19H23N3O3S. The Labute approximate surface area is 153 Å². The van der Waals surface area contributed by atoms with E-state index >= 15 is 0 Å². The molecule has 0 aliphatic carbocycles. The molecule has 1 aromatic carbocycles. The van der Waals surface area contributed by atoms with Gasteiger partial charge in [-0.3, -0.25) is 4.90 Å². The molecule has 1 saturated heterocycles. The Balaban J connectivity index is 1.56. The highest BCUT2D eigenvalue weighted by atomic mass is 32.2. The number of sulfone groups is 1. The number of benzene rings is 1. The fourth-order valence-corrected chi connectivity index (χ4v) is 5.47. The molecule has 0 saturated carbocycles. The van der Waals surface area contributed by atoms with Crippen molar-refractivity contribution in [1.29, 1.82) is 0 Å². The van der Waals surface area contributed by atoms with Crippen LogP contribution in [0.5, 0.6) is 0 Å². The third-order valence-corrected chi connectivity index (χ3v) is 6.91. The van der Waals surface area contributed by atoms with E-state index in [4.69, 9.17) is 4.42 Å². The monoisotopic (exact) mass is 373 g/mol. The van der Waals surface area contributed by atoms with Crippen LogP contribution in [-0.4, -0.2) is 47.0 Å². The van der Waals surface area contributed by atoms with Crippen LogP contribution in [0.3, 0.4) is 0 Å². The molecule has 1 fully saturated rings. The molecule has 4 rings (SSSR count). The molecule has 0 spiro atoms. The summed E-state index contributed by atoms with van der Waals surface area (Å²) in [5.41, 5.74) is 2.00. The van der Waals surface area contributed by atoms with Crippen molar-refractivity contribution >= 4 is 20.9 Å². The fraction of sp³-hybridized carbons (Fsp3) is 0.421. The maximum Gasteiger partial charge on any atom is 0.176 e. The van der Waals surface area contributed by atoms with Gasteiger partial charge < -0.3 is 8.98 Å². The van der Waals surface area contributed by atoms with E-state index in [0.29, 0.717) is 13.0 Å². The minimum atomic E-state index is -2.89. The topological polar surface area (TPSA) is 68.3 Å². The van der Waals surface area contributed by atoms with Crippen LogP contribution in [0.4, 0.5) is 0 Å². The van der Waals surface area contributed by atoms with Gasteiger partial charge in [0.1, 0.15) is 5.76 Å². The van der Waals surface area contributed by atoms with Crippen LogP contribution in [0.15, 0.2) is 40.8 Å². The summed E-state index contributed by atoms with van der Waals surface area (Å²) in [5.74, 6) is 2.90. The molecule has 0 bridgehead atoms. The average Bonchev–Trinajstić information content (AvgIpc) is 3.31. The Morgan fingerprint density at radius 3 is 2.77 bits per heavy atom. The third-order valence-electron chi connectivity index (χ3n) is 5.16. The lowest BCUT2D eigenvalue weighted by Crippen LogP contribution is -2.35. The molecule has 26 heavy (non-hydrogen) atoms. The second kappa shape index (κ2) is 6.55. The van der Waals surface area contributed by atoms with Gasteiger partial charge in [0, 0.05) is 13.1 Å². The number of imidazole rings is 1. The average molecular weight is 373 g/mol. The fourth-order valence-electron chi connectivity index (χ4n) is 3.71. The van der Waals surface area contributed by atoms with Crippen molar-refractivity contribution in [3.8, 4) is 11.6 Å². The minimum absolute atomic E-state index is 0.0781. The van der Waals surface area contributed by atoms with E-state index in [0.717, 1.165) is 34.9 Å². The molecule has 3 heterocycles. The Morgan fingerprint density at radius 1 is 1.27 bits per heavy atom. The van der Waals surface area contributed by atoms with Crippen molar-refractivity contribution in [3.05, 3.63) is 42.2 Å². The van der Waals surface area contributed by atoms with Crippen molar-refractivity contribution in [3.63, 3.8) is 0 Å². The van der Waals surface area contributed by atoms with Crippen molar-refractivity contribution in [2.24, 2.45) is 7.05 Å². The molecule has 1 unspecified atom stereocenters. The van der Waals surface area contributed by atoms with Crippen LogP contribution in [-0.2, 0) is 23.4 Å². The standard InChI is InChI=1S/C19H23N3O3S/c1-3-22(14-10-11-26(23,24)13-14)12-15-8-9-18(25-15)19-20-16-6-4-5-7-17(16)21(19)2/h4-9,14H,3,10-13H2,1-2H3. The molecule has 2 aromatic heterocycles. The van der Waals surface area contributed by atoms with E-state index in [-0.39, 0.29) is 17.5 Å². The number of aryl methyl sites for hydroxylation is 1. The van der Waals surface area contributed by atoms with Gasteiger partial charge in [-0.25, -0.2) is 13.4 Å². The lowest BCUT2D eigenvalue weighted by Gasteiger charge is -2.25. The Kier molecular flexibility index (Phi) is 4.36. The summed E-state index contributed by atoms with van der Waals surface area (Å²) in [6.07, 6.45) is 0.703. The molecular weight excluding hydrogens is 350 g/mol. The van der Waals surface area contributed by atoms with Gasteiger partial charge in [0.2, 0.25) is 0 Å². The minimum Gasteiger partial charge on any atom is -0.456 e. The van der Waals surface area contributed by atoms with E-state index in [1.54, 1.807) is 0 Å². The zero-order valence-electron chi connectivity index (χ0n) is 15.1. The summed E-state index contributed by atoms with van der Waals surface area (Å²) in [6.45, 7) is 3.46. The number of aromatic nitrogens is 2. The van der Waals surface area contributed by atoms with Crippen molar-refractivity contribution in [2.45, 2.75) is 25.9 Å². The number of nitrogens with zero attached hydrogens (tertiary/aromatic N) is 3. The van der Waals surface area contributed by atoms with Crippen LogP contribution in [0.2, 0.25) is 0 Å². The highest BCUT2D eigenvalue weighted by Crippen LogP contribution is 2.27. The van der Waals surface area contributed by atoms with E-state index in [9.17, 15) is 8.42 Å². The van der Waals surface area contributed by atoms with Gasteiger partial charge in [0.05, 0.1) is 29.1 Å². The Morgan fingerprint density at radius 2 is 2.08 bits per heavy atom. The first-order valence-electron chi connectivity index (χ1n) is 8.92. The van der Waals surface area contributed by atoms with Crippen LogP contribution in [0, 0.1) is 0 Å². The lowest BCUT2D eigenvalue weighted by molar-refractivity contribution is 0.199. The van der Waals surface area contributed by atoms with Gasteiger partial charge in [-0.1, -0.05) is 19.1 Å². The molecule has 6 nitrogen and oxygen atoms in total. The van der Waals surface area contributed by atoms with Gasteiger partial charge in [-0.2, -0.15) is 0 Å². The summed E-state index contributed by atoms with van der Waals surface area (Å²) in [5, 5.41) is 0. The zero-order chi connectivity index (χ0) is 18.3. The first kappa shape index (κ1) is 17.3. The van der Waals surface area contributed by atoms with Gasteiger partial charge in [-0.05, 0) is 37.2 Å². The number of furan rings is 1. The Hall–Kier alpha value is -2.12. The summed E-state index contributed by atoms with van der Waals surface area (Å²) >= 11 is 0. The second-order valence-corrected chi connectivity index (χ2v) is 9.10. The largest absolute Gasteiger partial charge is 0.456 e. The maximum atomic E-state index is 11.8. The van der Waals surface area contributed by atoms with Crippen LogP contribution in [0.25, 0.3) is 22.6 Å². The number of hydrogen-bond donors (Lipinski definition) is 0. The summed E-state index contributed by atoms with van der Waals surface area (Å²) < 4.78 is 31.6. The van der Waals surface area contributed by atoms with Crippen molar-refractivity contribution in [1.82, 2.24) is 14.5 Å². The smallest absolute Gasteiger partial charge is 0.176 e. The summed E-state index contributed by atoms with van der Waals surface area (Å²) in [4.78, 5) is 6.85. The molecule has 1 aliphatic heterocycles. The molecule has 0 N–H and O–H groups in total. The highest BCUT2D eigenvalue weighted by molar-refractivity contribution is 7.91. The molecule has 138 valence electrons. The van der Waals surface area contributed by atoms with E-state index in [2.05, 4.69) is 16.8 Å². The number of fused-ring (bicyclic) bond motifs is 1. The summed E-state index contributed by atoms with van der Waals surface area (Å²) in [7, 11) is -0.906. The van der Waals surface area contributed by atoms with Crippen LogP contribution in [0.1, 0.15) is 19.1 Å². The zero-order valence-corrected chi connectivity index (χ0v) is 15.9.